The SMILES string of the molecule is CCCCCCCC(OC(=O)c1ccccc1O)C(=O)CCC. The van der Waals surface area contributed by atoms with E-state index < -0.39 is 12.1 Å². The summed E-state index contributed by atoms with van der Waals surface area (Å²) in [5.41, 5.74) is 0.104. The average Bonchev–Trinajstić information content (AvgIpc) is 2.54. The second kappa shape index (κ2) is 10.8. The summed E-state index contributed by atoms with van der Waals surface area (Å²) < 4.78 is 5.39. The molecule has 0 aliphatic rings. The number of benzene rings is 1. The molecule has 0 aromatic heterocycles. The summed E-state index contributed by atoms with van der Waals surface area (Å²) in [6.07, 6.45) is 6.40. The van der Waals surface area contributed by atoms with Crippen LogP contribution >= 0.6 is 0 Å². The van der Waals surface area contributed by atoms with Crippen molar-refractivity contribution in [1.29, 1.82) is 0 Å². The number of ketones is 1. The first-order chi connectivity index (χ1) is 11.1. The van der Waals surface area contributed by atoms with Gasteiger partial charge in [0.2, 0.25) is 0 Å². The van der Waals surface area contributed by atoms with Gasteiger partial charge in [0, 0.05) is 6.42 Å². The van der Waals surface area contributed by atoms with Gasteiger partial charge < -0.3 is 9.84 Å². The van der Waals surface area contributed by atoms with Crippen LogP contribution in [0.4, 0.5) is 0 Å². The van der Waals surface area contributed by atoms with Crippen LogP contribution in [0.25, 0.3) is 0 Å². The summed E-state index contributed by atoms with van der Waals surface area (Å²) in [6, 6.07) is 6.23. The van der Waals surface area contributed by atoms with Gasteiger partial charge in [0.05, 0.1) is 0 Å². The minimum Gasteiger partial charge on any atom is -0.507 e. The van der Waals surface area contributed by atoms with Crippen molar-refractivity contribution in [3.8, 4) is 5.75 Å². The van der Waals surface area contributed by atoms with Gasteiger partial charge in [0.1, 0.15) is 11.3 Å². The molecule has 1 aromatic carbocycles. The Balaban J connectivity index is 2.63. The first-order valence-electron chi connectivity index (χ1n) is 8.61. The molecule has 0 bridgehead atoms. The van der Waals surface area contributed by atoms with Crippen molar-refractivity contribution < 1.29 is 19.4 Å². The molecule has 0 radical (unpaired) electrons. The van der Waals surface area contributed by atoms with Gasteiger partial charge in [-0.2, -0.15) is 0 Å². The van der Waals surface area contributed by atoms with E-state index in [1.165, 1.54) is 25.0 Å². The third-order valence-electron chi connectivity index (χ3n) is 3.80. The van der Waals surface area contributed by atoms with Gasteiger partial charge in [-0.05, 0) is 31.4 Å². The number of ether oxygens (including phenoxy) is 1. The van der Waals surface area contributed by atoms with Gasteiger partial charge >= 0.3 is 5.97 Å². The van der Waals surface area contributed by atoms with Crippen LogP contribution in [-0.4, -0.2) is 23.0 Å². The molecule has 0 aliphatic heterocycles. The third kappa shape index (κ3) is 6.85. The molecule has 1 unspecified atom stereocenters. The molecule has 1 N–H and O–H groups in total. The maximum absolute atomic E-state index is 12.2. The summed E-state index contributed by atoms with van der Waals surface area (Å²) in [7, 11) is 0. The lowest BCUT2D eigenvalue weighted by Gasteiger charge is -2.17. The van der Waals surface area contributed by atoms with E-state index in [2.05, 4.69) is 6.92 Å². The standard InChI is InChI=1S/C19H28O4/c1-3-5-6-7-8-14-18(17(21)11-4-2)23-19(22)15-12-9-10-13-16(15)20/h9-10,12-13,18,20H,3-8,11,14H2,1-2H3. The average molecular weight is 320 g/mol. The Morgan fingerprint density at radius 1 is 1.04 bits per heavy atom. The Labute approximate surface area is 138 Å². The Bertz CT molecular complexity index is 496. The lowest BCUT2D eigenvalue weighted by Crippen LogP contribution is -2.27. The quantitative estimate of drug-likeness (QED) is 0.476. The molecule has 0 saturated carbocycles. The highest BCUT2D eigenvalue weighted by Crippen LogP contribution is 2.19. The van der Waals surface area contributed by atoms with Crippen LogP contribution in [-0.2, 0) is 9.53 Å². The Morgan fingerprint density at radius 3 is 2.39 bits per heavy atom. The second-order valence-electron chi connectivity index (χ2n) is 5.83. The van der Waals surface area contributed by atoms with Crippen molar-refractivity contribution in [3.63, 3.8) is 0 Å². The monoisotopic (exact) mass is 320 g/mol. The molecule has 0 spiro atoms. The highest BCUT2D eigenvalue weighted by Gasteiger charge is 2.23. The zero-order valence-electron chi connectivity index (χ0n) is 14.2. The molecular weight excluding hydrogens is 292 g/mol. The van der Waals surface area contributed by atoms with Gasteiger partial charge in [-0.1, -0.05) is 51.7 Å². The molecule has 4 heteroatoms. The number of phenolic OH excluding ortho intramolecular Hbond substituents is 1. The van der Waals surface area contributed by atoms with E-state index in [0.717, 1.165) is 25.7 Å². The fraction of sp³-hybridized carbons (Fsp3) is 0.579. The summed E-state index contributed by atoms with van der Waals surface area (Å²) in [4.78, 5) is 24.4. The number of rotatable bonds is 11. The van der Waals surface area contributed by atoms with E-state index in [1.54, 1.807) is 12.1 Å². The molecule has 0 amide bonds. The van der Waals surface area contributed by atoms with Crippen LogP contribution in [0.5, 0.6) is 5.75 Å². The van der Waals surface area contributed by atoms with E-state index in [0.29, 0.717) is 12.8 Å². The summed E-state index contributed by atoms with van der Waals surface area (Å²) in [6.45, 7) is 4.09. The van der Waals surface area contributed by atoms with Gasteiger partial charge in [0.25, 0.3) is 0 Å². The summed E-state index contributed by atoms with van der Waals surface area (Å²) >= 11 is 0. The molecule has 1 aromatic rings. The number of hydrogen-bond acceptors (Lipinski definition) is 4. The van der Waals surface area contributed by atoms with Crippen molar-refractivity contribution in [1.82, 2.24) is 0 Å². The molecule has 0 fully saturated rings. The predicted molar refractivity (Wildman–Crippen MR) is 90.6 cm³/mol. The van der Waals surface area contributed by atoms with E-state index in [4.69, 9.17) is 4.74 Å². The molecular formula is C19H28O4. The normalized spacial score (nSPS) is 11.9. The van der Waals surface area contributed by atoms with Crippen molar-refractivity contribution in [2.24, 2.45) is 0 Å². The maximum atomic E-state index is 12.2. The summed E-state index contributed by atoms with van der Waals surface area (Å²) in [5, 5.41) is 9.72. The van der Waals surface area contributed by atoms with Crippen molar-refractivity contribution in [3.05, 3.63) is 29.8 Å². The van der Waals surface area contributed by atoms with E-state index in [1.807, 2.05) is 6.92 Å². The minimum atomic E-state index is -0.705. The molecule has 23 heavy (non-hydrogen) atoms. The van der Waals surface area contributed by atoms with Gasteiger partial charge in [-0.25, -0.2) is 4.79 Å². The molecule has 0 saturated heterocycles. The number of aromatic hydroxyl groups is 1. The highest BCUT2D eigenvalue weighted by molar-refractivity contribution is 5.94. The number of unbranched alkanes of at least 4 members (excludes halogenated alkanes) is 4. The number of hydrogen-bond donors (Lipinski definition) is 1. The van der Waals surface area contributed by atoms with Crippen molar-refractivity contribution >= 4 is 11.8 Å². The number of para-hydroxylation sites is 1. The Hall–Kier alpha value is -1.84. The van der Waals surface area contributed by atoms with E-state index >= 15 is 0 Å². The number of Topliss-reactive ketones (excluding diaryl/α,β-unsaturated/α-hetero) is 1. The summed E-state index contributed by atoms with van der Waals surface area (Å²) in [5.74, 6) is -0.792. The van der Waals surface area contributed by atoms with Crippen molar-refractivity contribution in [2.75, 3.05) is 0 Å². The molecule has 128 valence electrons. The zero-order valence-corrected chi connectivity index (χ0v) is 14.2. The van der Waals surface area contributed by atoms with Crippen LogP contribution in [0.15, 0.2) is 24.3 Å². The van der Waals surface area contributed by atoms with Crippen LogP contribution in [0.1, 0.15) is 75.6 Å². The van der Waals surface area contributed by atoms with Crippen LogP contribution in [0.2, 0.25) is 0 Å². The van der Waals surface area contributed by atoms with Gasteiger partial charge in [-0.15, -0.1) is 0 Å². The topological polar surface area (TPSA) is 63.6 Å². The number of carbonyl (C=O) groups excluding carboxylic acids is 2. The predicted octanol–water partition coefficient (Wildman–Crippen LogP) is 4.65. The smallest absolute Gasteiger partial charge is 0.342 e. The highest BCUT2D eigenvalue weighted by atomic mass is 16.5. The largest absolute Gasteiger partial charge is 0.507 e. The van der Waals surface area contributed by atoms with Crippen LogP contribution < -0.4 is 0 Å². The molecule has 0 heterocycles. The van der Waals surface area contributed by atoms with Crippen LogP contribution in [0, 0.1) is 0 Å². The number of esters is 1. The van der Waals surface area contributed by atoms with E-state index in [-0.39, 0.29) is 17.1 Å². The van der Waals surface area contributed by atoms with E-state index in [9.17, 15) is 14.7 Å². The Morgan fingerprint density at radius 2 is 1.74 bits per heavy atom. The zero-order chi connectivity index (χ0) is 17.1. The fourth-order valence-corrected chi connectivity index (χ4v) is 2.47. The Kier molecular flexibility index (Phi) is 9.03. The number of phenols is 1. The fourth-order valence-electron chi connectivity index (χ4n) is 2.47. The maximum Gasteiger partial charge on any atom is 0.342 e. The van der Waals surface area contributed by atoms with Crippen LogP contribution in [0.3, 0.4) is 0 Å². The second-order valence-corrected chi connectivity index (χ2v) is 5.83. The van der Waals surface area contributed by atoms with Crippen molar-refractivity contribution in [2.45, 2.75) is 71.3 Å². The minimum absolute atomic E-state index is 0.0354. The first kappa shape index (κ1) is 19.2. The van der Waals surface area contributed by atoms with Gasteiger partial charge in [0.15, 0.2) is 11.9 Å². The lowest BCUT2D eigenvalue weighted by molar-refractivity contribution is -0.128. The van der Waals surface area contributed by atoms with Gasteiger partial charge in [-0.3, -0.25) is 4.79 Å². The first-order valence-corrected chi connectivity index (χ1v) is 8.61. The lowest BCUT2D eigenvalue weighted by atomic mass is 10.0. The molecule has 4 nitrogen and oxygen atoms in total. The molecule has 1 rings (SSSR count). The molecule has 1 atom stereocenters. The number of carbonyl (C=O) groups is 2. The molecule has 0 aliphatic carbocycles. The third-order valence-corrected chi connectivity index (χ3v) is 3.80.